The highest BCUT2D eigenvalue weighted by Gasteiger charge is 2.21. The van der Waals surface area contributed by atoms with Crippen molar-refractivity contribution in [2.75, 3.05) is 20.0 Å². The quantitative estimate of drug-likeness (QED) is 0.463. The molecule has 110 valence electrons. The normalized spacial score (nSPS) is 10.8. The summed E-state index contributed by atoms with van der Waals surface area (Å²) in [6.07, 6.45) is 1.31. The van der Waals surface area contributed by atoms with Gasteiger partial charge in [0.15, 0.2) is 5.75 Å². The van der Waals surface area contributed by atoms with Crippen molar-refractivity contribution in [1.29, 1.82) is 0 Å². The molecular weight excluding hydrogens is 282 g/mol. The van der Waals surface area contributed by atoms with Gasteiger partial charge in [0.25, 0.3) is 5.95 Å². The van der Waals surface area contributed by atoms with Crippen LogP contribution in [-0.4, -0.2) is 45.7 Å². The van der Waals surface area contributed by atoms with Crippen molar-refractivity contribution in [3.8, 4) is 11.5 Å². The lowest BCUT2D eigenvalue weighted by molar-refractivity contribution is -0.385. The van der Waals surface area contributed by atoms with Gasteiger partial charge in [-0.15, -0.1) is 0 Å². The van der Waals surface area contributed by atoms with Crippen LogP contribution in [0.5, 0.6) is 11.5 Å². The fourth-order valence-corrected chi connectivity index (χ4v) is 1.57. The maximum atomic E-state index is 11.1. The number of rotatable bonds is 5. The van der Waals surface area contributed by atoms with Gasteiger partial charge in [-0.25, -0.2) is 0 Å². The monoisotopic (exact) mass is 293 g/mol. The molecule has 11 nitrogen and oxygen atoms in total. The molecule has 11 heteroatoms. The number of anilines is 1. The molecule has 0 bridgehead atoms. The zero-order valence-corrected chi connectivity index (χ0v) is 11.1. The van der Waals surface area contributed by atoms with E-state index in [0.29, 0.717) is 5.56 Å². The van der Waals surface area contributed by atoms with Gasteiger partial charge in [-0.2, -0.15) is 5.10 Å². The van der Waals surface area contributed by atoms with E-state index >= 15 is 0 Å². The first kappa shape index (κ1) is 14.2. The van der Waals surface area contributed by atoms with E-state index in [1.54, 1.807) is 0 Å². The van der Waals surface area contributed by atoms with E-state index in [0.717, 1.165) is 4.79 Å². The summed E-state index contributed by atoms with van der Waals surface area (Å²) in [5.41, 5.74) is 5.59. The number of nitrogens with zero attached hydrogens (tertiary/aromatic N) is 6. The number of nitro benzene ring substituents is 1. The Hall–Kier alpha value is -3.24. The van der Waals surface area contributed by atoms with E-state index < -0.39 is 4.92 Å². The second-order valence-corrected chi connectivity index (χ2v) is 3.70. The third kappa shape index (κ3) is 2.86. The van der Waals surface area contributed by atoms with E-state index in [-0.39, 0.29) is 23.1 Å². The molecule has 2 aromatic rings. The van der Waals surface area contributed by atoms with Gasteiger partial charge in [-0.05, 0) is 16.5 Å². The Balaban J connectivity index is 2.45. The zero-order chi connectivity index (χ0) is 15.4. The van der Waals surface area contributed by atoms with Crippen LogP contribution in [-0.2, 0) is 0 Å². The number of nitrogens with two attached hydrogens (primary N) is 1. The third-order valence-corrected chi connectivity index (χ3v) is 2.47. The first-order chi connectivity index (χ1) is 10.1. The number of hydrogen-bond donors (Lipinski definition) is 1. The fourth-order valence-electron chi connectivity index (χ4n) is 1.57. The minimum Gasteiger partial charge on any atom is -0.493 e. The molecule has 0 amide bonds. The minimum absolute atomic E-state index is 0.0128. The second-order valence-electron chi connectivity index (χ2n) is 3.70. The van der Waals surface area contributed by atoms with E-state index in [1.807, 2.05) is 0 Å². The highest BCUT2D eigenvalue weighted by molar-refractivity contribution is 5.83. The summed E-state index contributed by atoms with van der Waals surface area (Å²) in [4.78, 5) is 11.5. The molecule has 0 aliphatic heterocycles. The molecule has 0 saturated heterocycles. The highest BCUT2D eigenvalue weighted by Crippen LogP contribution is 2.37. The molecule has 0 aliphatic rings. The van der Waals surface area contributed by atoms with Crippen LogP contribution in [0, 0.1) is 10.1 Å². The summed E-state index contributed by atoms with van der Waals surface area (Å²) in [7, 11) is 2.70. The molecule has 1 aromatic carbocycles. The van der Waals surface area contributed by atoms with Crippen LogP contribution in [0.1, 0.15) is 5.56 Å². The maximum absolute atomic E-state index is 11.1. The van der Waals surface area contributed by atoms with Crippen LogP contribution in [0.4, 0.5) is 11.6 Å². The van der Waals surface area contributed by atoms with Crippen molar-refractivity contribution in [1.82, 2.24) is 20.3 Å². The van der Waals surface area contributed by atoms with Crippen LogP contribution in [0.25, 0.3) is 0 Å². The molecule has 2 rings (SSSR count). The van der Waals surface area contributed by atoms with Gasteiger partial charge in [0.2, 0.25) is 5.75 Å². The Labute approximate surface area is 118 Å². The van der Waals surface area contributed by atoms with Crippen LogP contribution >= 0.6 is 0 Å². The molecule has 0 saturated carbocycles. The zero-order valence-electron chi connectivity index (χ0n) is 11.1. The Morgan fingerprint density at radius 3 is 2.71 bits per heavy atom. The van der Waals surface area contributed by atoms with Gasteiger partial charge >= 0.3 is 5.69 Å². The molecule has 21 heavy (non-hydrogen) atoms. The van der Waals surface area contributed by atoms with Crippen LogP contribution in [0.3, 0.4) is 0 Å². The van der Waals surface area contributed by atoms with Gasteiger partial charge < -0.3 is 15.2 Å². The lowest BCUT2D eigenvalue weighted by atomic mass is 10.2. The number of ether oxygens (including phenoxy) is 2. The molecule has 0 aliphatic carbocycles. The van der Waals surface area contributed by atoms with E-state index in [4.69, 9.17) is 15.2 Å². The van der Waals surface area contributed by atoms with Gasteiger partial charge in [0.1, 0.15) is 0 Å². The summed E-state index contributed by atoms with van der Waals surface area (Å²) in [6.45, 7) is 0. The van der Waals surface area contributed by atoms with Gasteiger partial charge in [0.05, 0.1) is 25.4 Å². The van der Waals surface area contributed by atoms with Crippen LogP contribution in [0.15, 0.2) is 17.2 Å². The predicted octanol–water partition coefficient (Wildman–Crippen LogP) is 0.0629. The molecule has 1 heterocycles. The van der Waals surface area contributed by atoms with Gasteiger partial charge in [-0.1, -0.05) is 9.89 Å². The molecule has 1 aromatic heterocycles. The molecule has 0 radical (unpaired) electrons. The lowest BCUT2D eigenvalue weighted by Crippen LogP contribution is -2.01. The van der Waals surface area contributed by atoms with E-state index in [1.165, 1.54) is 32.6 Å². The number of benzene rings is 1. The summed E-state index contributed by atoms with van der Waals surface area (Å²) >= 11 is 0. The van der Waals surface area contributed by atoms with E-state index in [9.17, 15) is 10.1 Å². The average Bonchev–Trinajstić information content (AvgIpc) is 2.89. The Kier molecular flexibility index (Phi) is 3.92. The standard InChI is InChI=1S/C10H11N7O4/c1-20-8-4-6(3-7(17(18)19)9(8)21-2)5-12-16-10(11)13-14-15-16/h3-5H,1-2H3,(H2,11,13,15). The van der Waals surface area contributed by atoms with Crippen molar-refractivity contribution in [3.05, 3.63) is 27.8 Å². The molecule has 0 unspecified atom stereocenters. The SMILES string of the molecule is COc1cc(C=Nn2nnnc2N)cc([N+](=O)[O-])c1OC. The van der Waals surface area contributed by atoms with Crippen molar-refractivity contribution in [3.63, 3.8) is 0 Å². The number of nitro groups is 1. The molecule has 0 spiro atoms. The van der Waals surface area contributed by atoms with Crippen LogP contribution < -0.4 is 15.2 Å². The number of hydrogen-bond acceptors (Lipinski definition) is 9. The Morgan fingerprint density at radius 2 is 2.19 bits per heavy atom. The van der Waals surface area contributed by atoms with Crippen molar-refractivity contribution >= 4 is 17.9 Å². The number of aromatic nitrogens is 4. The van der Waals surface area contributed by atoms with Crippen molar-refractivity contribution in [2.45, 2.75) is 0 Å². The largest absolute Gasteiger partial charge is 0.493 e. The predicted molar refractivity (Wildman–Crippen MR) is 71.4 cm³/mol. The maximum Gasteiger partial charge on any atom is 0.315 e. The first-order valence-corrected chi connectivity index (χ1v) is 5.55. The number of tetrazole rings is 1. The third-order valence-electron chi connectivity index (χ3n) is 2.47. The fraction of sp³-hybridized carbons (Fsp3) is 0.200. The highest BCUT2D eigenvalue weighted by atomic mass is 16.6. The topological polar surface area (TPSA) is 144 Å². The number of methoxy groups -OCH3 is 2. The molecule has 0 fully saturated rings. The van der Waals surface area contributed by atoms with Gasteiger partial charge in [-0.3, -0.25) is 10.1 Å². The molecule has 0 atom stereocenters. The van der Waals surface area contributed by atoms with Crippen molar-refractivity contribution < 1.29 is 14.4 Å². The smallest absolute Gasteiger partial charge is 0.315 e. The molecule has 2 N–H and O–H groups in total. The summed E-state index contributed by atoms with van der Waals surface area (Å²) in [5, 5.41) is 25.2. The van der Waals surface area contributed by atoms with Crippen molar-refractivity contribution in [2.24, 2.45) is 5.10 Å². The average molecular weight is 293 g/mol. The van der Waals surface area contributed by atoms with Gasteiger partial charge in [0, 0.05) is 11.6 Å². The van der Waals surface area contributed by atoms with E-state index in [2.05, 4.69) is 20.6 Å². The summed E-state index contributed by atoms with van der Waals surface area (Å²) in [6, 6.07) is 2.81. The minimum atomic E-state index is -0.579. The molecular formula is C10H11N7O4. The lowest BCUT2D eigenvalue weighted by Gasteiger charge is -2.08. The summed E-state index contributed by atoms with van der Waals surface area (Å²) in [5.74, 6) is 0.223. The Bertz CT molecular complexity index is 697. The van der Waals surface area contributed by atoms with Crippen LogP contribution in [0.2, 0.25) is 0 Å². The Morgan fingerprint density at radius 1 is 1.43 bits per heavy atom. The number of nitrogen functional groups attached to an aromatic ring is 1. The first-order valence-electron chi connectivity index (χ1n) is 5.55. The summed E-state index contributed by atoms with van der Waals surface area (Å²) < 4.78 is 10.0. The second kappa shape index (κ2) is 5.81.